The molecule has 0 aliphatic rings. The van der Waals surface area contributed by atoms with Crippen LogP contribution in [-0.4, -0.2) is 16.9 Å². The molecule has 0 amide bonds. The molecule has 14 heavy (non-hydrogen) atoms. The van der Waals surface area contributed by atoms with Crippen molar-refractivity contribution in [2.24, 2.45) is 0 Å². The van der Waals surface area contributed by atoms with Gasteiger partial charge in [0.2, 0.25) is 13.1 Å². The number of para-hydroxylation sites is 1. The zero-order chi connectivity index (χ0) is 9.80. The minimum absolute atomic E-state index is 0.472. The molecule has 4 nitrogen and oxygen atoms in total. The second-order valence-electron chi connectivity index (χ2n) is 2.95. The van der Waals surface area contributed by atoms with Crippen molar-refractivity contribution in [1.29, 1.82) is 0 Å². The lowest BCUT2D eigenvalue weighted by Gasteiger charge is -1.93. The van der Waals surface area contributed by atoms with Crippen molar-refractivity contribution < 1.29 is 9.30 Å². The van der Waals surface area contributed by atoms with Crippen LogP contribution < -0.4 is 4.57 Å². The van der Waals surface area contributed by atoms with Crippen molar-refractivity contribution >= 4 is 0 Å². The van der Waals surface area contributed by atoms with Gasteiger partial charge in [-0.1, -0.05) is 22.9 Å². The average Bonchev–Trinajstić information content (AvgIpc) is 2.68. The molecule has 4 heteroatoms. The second kappa shape index (κ2) is 4.02. The fraction of sp³-hybridized carbons (Fsp3) is 0.200. The number of rotatable bonds is 3. The molecule has 0 spiro atoms. The van der Waals surface area contributed by atoms with Gasteiger partial charge in [-0.3, -0.25) is 0 Å². The Bertz CT molecular complexity index is 397. The molecule has 0 aliphatic heterocycles. The summed E-state index contributed by atoms with van der Waals surface area (Å²) in [6.45, 7) is 0.472. The van der Waals surface area contributed by atoms with E-state index in [1.54, 1.807) is 18.1 Å². The number of aromatic nitrogens is 3. The van der Waals surface area contributed by atoms with Crippen LogP contribution in [0.1, 0.15) is 0 Å². The number of hydrogen-bond donors (Lipinski definition) is 0. The first-order valence-corrected chi connectivity index (χ1v) is 4.38. The number of benzene rings is 1. The predicted molar refractivity (Wildman–Crippen MR) is 50.8 cm³/mol. The van der Waals surface area contributed by atoms with E-state index in [1.807, 2.05) is 41.2 Å². The highest BCUT2D eigenvalue weighted by Gasteiger charge is 2.05. The van der Waals surface area contributed by atoms with Crippen LogP contribution in [0, 0.1) is 0 Å². The van der Waals surface area contributed by atoms with Gasteiger partial charge in [-0.2, -0.15) is 0 Å². The number of hydrogen-bond acceptors (Lipinski definition) is 2. The van der Waals surface area contributed by atoms with Crippen LogP contribution in [-0.2, 0) is 11.5 Å². The van der Waals surface area contributed by atoms with Crippen LogP contribution in [0.5, 0.6) is 0 Å². The third-order valence-corrected chi connectivity index (χ3v) is 1.90. The van der Waals surface area contributed by atoms with E-state index in [0.29, 0.717) is 6.73 Å². The van der Waals surface area contributed by atoms with E-state index in [0.717, 1.165) is 5.69 Å². The maximum absolute atomic E-state index is 4.96. The predicted octanol–water partition coefficient (Wildman–Crippen LogP) is 0.764. The van der Waals surface area contributed by atoms with Crippen LogP contribution in [0.25, 0.3) is 5.69 Å². The summed E-state index contributed by atoms with van der Waals surface area (Å²) in [6.07, 6.45) is 3.65. The highest BCUT2D eigenvalue weighted by Crippen LogP contribution is 1.96. The Morgan fingerprint density at radius 2 is 2.14 bits per heavy atom. The van der Waals surface area contributed by atoms with Crippen molar-refractivity contribution in [3.05, 3.63) is 43.0 Å². The minimum Gasteiger partial charge on any atom is -0.349 e. The molecule has 2 rings (SSSR count). The molecule has 0 N–H and O–H groups in total. The van der Waals surface area contributed by atoms with Crippen molar-refractivity contribution in [3.63, 3.8) is 0 Å². The second-order valence-corrected chi connectivity index (χ2v) is 2.95. The van der Waals surface area contributed by atoms with Crippen LogP contribution in [0.4, 0.5) is 0 Å². The Hall–Kier alpha value is -1.68. The fourth-order valence-electron chi connectivity index (χ4n) is 1.26. The molecule has 0 saturated carbocycles. The number of methoxy groups -OCH3 is 1. The molecule has 2 aromatic rings. The van der Waals surface area contributed by atoms with Gasteiger partial charge >= 0.3 is 0 Å². The molecule has 0 bridgehead atoms. The van der Waals surface area contributed by atoms with E-state index in [4.69, 9.17) is 4.74 Å². The van der Waals surface area contributed by atoms with Gasteiger partial charge in [-0.05, 0) is 12.1 Å². The van der Waals surface area contributed by atoms with E-state index in [1.165, 1.54) is 0 Å². The minimum atomic E-state index is 0.472. The first-order chi connectivity index (χ1) is 6.90. The Balaban J connectivity index is 2.25. The van der Waals surface area contributed by atoms with Crippen molar-refractivity contribution in [2.45, 2.75) is 6.73 Å². The maximum Gasteiger partial charge on any atom is 0.270 e. The lowest BCUT2D eigenvalue weighted by Crippen LogP contribution is -2.27. The van der Waals surface area contributed by atoms with Gasteiger partial charge in [0.1, 0.15) is 5.69 Å². The van der Waals surface area contributed by atoms with Gasteiger partial charge < -0.3 is 4.74 Å². The third-order valence-electron chi connectivity index (χ3n) is 1.90. The lowest BCUT2D eigenvalue weighted by molar-refractivity contribution is -0.596. The molecule has 1 aromatic carbocycles. The third kappa shape index (κ3) is 1.80. The maximum atomic E-state index is 4.96. The van der Waals surface area contributed by atoms with E-state index in [2.05, 4.69) is 5.10 Å². The summed E-state index contributed by atoms with van der Waals surface area (Å²) in [6, 6.07) is 10.0. The van der Waals surface area contributed by atoms with Crippen molar-refractivity contribution in [2.75, 3.05) is 7.11 Å². The highest BCUT2D eigenvalue weighted by molar-refractivity contribution is 5.20. The molecular weight excluding hydrogens is 178 g/mol. The Kier molecular flexibility index (Phi) is 2.55. The molecule has 72 valence electrons. The summed E-state index contributed by atoms with van der Waals surface area (Å²) in [7, 11) is 1.65. The quantitative estimate of drug-likeness (QED) is 0.669. The molecule has 0 saturated heterocycles. The summed E-state index contributed by atoms with van der Waals surface area (Å²) in [5.74, 6) is 0. The molecule has 1 aromatic heterocycles. The Labute approximate surface area is 82.4 Å². The summed E-state index contributed by atoms with van der Waals surface area (Å²) in [5.41, 5.74) is 1.09. The Morgan fingerprint density at radius 3 is 2.86 bits per heavy atom. The average molecular weight is 190 g/mol. The first-order valence-electron chi connectivity index (χ1n) is 4.38. The van der Waals surface area contributed by atoms with Gasteiger partial charge in [0.05, 0.1) is 0 Å². The molecule has 0 unspecified atom stereocenters. The van der Waals surface area contributed by atoms with E-state index in [-0.39, 0.29) is 0 Å². The monoisotopic (exact) mass is 190 g/mol. The lowest BCUT2D eigenvalue weighted by atomic mass is 10.3. The summed E-state index contributed by atoms with van der Waals surface area (Å²) >= 11 is 0. The van der Waals surface area contributed by atoms with Gasteiger partial charge in [0, 0.05) is 12.2 Å². The van der Waals surface area contributed by atoms with Gasteiger partial charge in [-0.15, -0.1) is 0 Å². The summed E-state index contributed by atoms with van der Waals surface area (Å²) in [5, 5.41) is 4.14. The van der Waals surface area contributed by atoms with Crippen molar-refractivity contribution in [3.8, 4) is 5.69 Å². The molecule has 1 heterocycles. The molecule has 0 atom stereocenters. The zero-order valence-corrected chi connectivity index (χ0v) is 8.00. The van der Waals surface area contributed by atoms with E-state index < -0.39 is 0 Å². The molecule has 0 radical (unpaired) electrons. The zero-order valence-electron chi connectivity index (χ0n) is 8.00. The Morgan fingerprint density at radius 1 is 1.36 bits per heavy atom. The van der Waals surface area contributed by atoms with Gasteiger partial charge in [0.25, 0.3) is 6.33 Å². The summed E-state index contributed by atoms with van der Waals surface area (Å²) in [4.78, 5) is 0. The van der Waals surface area contributed by atoms with Crippen LogP contribution in [0.2, 0.25) is 0 Å². The first kappa shape index (κ1) is 8.90. The summed E-state index contributed by atoms with van der Waals surface area (Å²) < 4.78 is 8.64. The highest BCUT2D eigenvalue weighted by atomic mass is 16.5. The van der Waals surface area contributed by atoms with Crippen LogP contribution in [0.15, 0.2) is 43.0 Å². The topological polar surface area (TPSA) is 30.9 Å². The largest absolute Gasteiger partial charge is 0.349 e. The smallest absolute Gasteiger partial charge is 0.270 e. The van der Waals surface area contributed by atoms with Crippen LogP contribution >= 0.6 is 0 Å². The van der Waals surface area contributed by atoms with Crippen LogP contribution in [0.3, 0.4) is 0 Å². The van der Waals surface area contributed by atoms with Gasteiger partial charge in [-0.25, -0.2) is 4.57 Å². The van der Waals surface area contributed by atoms with Crippen molar-refractivity contribution in [1.82, 2.24) is 9.78 Å². The van der Waals surface area contributed by atoms with E-state index in [9.17, 15) is 0 Å². The SMILES string of the molecule is COCn1c[n+](-c2ccccc2)cn1. The number of nitrogens with zero attached hydrogens (tertiary/aromatic N) is 3. The molecule has 0 fully saturated rings. The molecule has 0 aliphatic carbocycles. The van der Waals surface area contributed by atoms with Gasteiger partial charge in [0.15, 0.2) is 0 Å². The standard InChI is InChI=1S/C10H12N3O/c1-14-9-13-8-12(7-11-13)10-5-3-2-4-6-10/h2-8H,9H2,1H3/q+1. The normalized spacial score (nSPS) is 10.4. The van der Waals surface area contributed by atoms with E-state index >= 15 is 0 Å². The number of ether oxygens (including phenoxy) is 1. The fourth-order valence-corrected chi connectivity index (χ4v) is 1.26. The molecular formula is C10H12N3O+.